The Hall–Kier alpha value is -0.970. The number of hydrogen-bond donors (Lipinski definition) is 1. The van der Waals surface area contributed by atoms with Crippen LogP contribution < -0.4 is 5.32 Å². The molecule has 1 N–H and O–H groups in total. The lowest BCUT2D eigenvalue weighted by molar-refractivity contribution is 0.0952. The Labute approximate surface area is 78.5 Å². The minimum Gasteiger partial charge on any atom is -0.352 e. The van der Waals surface area contributed by atoms with E-state index in [-0.39, 0.29) is 11.7 Å². The van der Waals surface area contributed by atoms with Gasteiger partial charge in [0.15, 0.2) is 0 Å². The first-order valence-electron chi connectivity index (χ1n) is 3.36. The number of aromatic nitrogens is 2. The van der Waals surface area contributed by atoms with E-state index in [0.29, 0.717) is 0 Å². The Bertz CT molecular complexity index is 314. The molecule has 1 rings (SSSR count). The van der Waals surface area contributed by atoms with Gasteiger partial charge in [-0.25, -0.2) is 9.97 Å². The molecule has 0 unspecified atom stereocenters. The van der Waals surface area contributed by atoms with E-state index in [1.54, 1.807) is 20.2 Å². The number of halogens is 1. The number of aryl methyl sites for hydroxylation is 1. The number of amides is 1. The Morgan fingerprint density at radius 2 is 2.33 bits per heavy atom. The first-order valence-corrected chi connectivity index (χ1v) is 4.15. The summed E-state index contributed by atoms with van der Waals surface area (Å²) < 4.78 is 0.801. The molecule has 0 aliphatic rings. The normalized spacial score (nSPS) is 9.58. The topological polar surface area (TPSA) is 54.9 Å². The third-order valence-corrected chi connectivity index (χ3v) is 2.13. The van der Waals surface area contributed by atoms with Gasteiger partial charge in [0.25, 0.3) is 5.91 Å². The molecular weight excluding hydrogens is 222 g/mol. The highest BCUT2D eigenvalue weighted by Gasteiger charge is 2.07. The van der Waals surface area contributed by atoms with Crippen molar-refractivity contribution in [2.75, 3.05) is 7.05 Å². The standard InChI is InChI=1S/C7H8BrN3O/c1-4-5(8)3-10-6(11-4)7(12)9-2/h3H,1-2H3,(H,9,12). The van der Waals surface area contributed by atoms with E-state index in [4.69, 9.17) is 0 Å². The van der Waals surface area contributed by atoms with E-state index in [1.165, 1.54) is 0 Å². The van der Waals surface area contributed by atoms with Gasteiger partial charge < -0.3 is 5.32 Å². The van der Waals surface area contributed by atoms with Crippen LogP contribution >= 0.6 is 15.9 Å². The summed E-state index contributed by atoms with van der Waals surface area (Å²) in [5.74, 6) is -0.0798. The van der Waals surface area contributed by atoms with Gasteiger partial charge in [-0.3, -0.25) is 4.79 Å². The van der Waals surface area contributed by atoms with Crippen molar-refractivity contribution in [3.63, 3.8) is 0 Å². The van der Waals surface area contributed by atoms with Crippen molar-refractivity contribution in [1.29, 1.82) is 0 Å². The molecule has 1 aromatic rings. The van der Waals surface area contributed by atoms with Gasteiger partial charge >= 0.3 is 0 Å². The minimum absolute atomic E-state index is 0.193. The largest absolute Gasteiger partial charge is 0.352 e. The van der Waals surface area contributed by atoms with Gasteiger partial charge in [-0.2, -0.15) is 0 Å². The molecule has 1 aromatic heterocycles. The van der Waals surface area contributed by atoms with Crippen molar-refractivity contribution in [1.82, 2.24) is 15.3 Å². The van der Waals surface area contributed by atoms with Gasteiger partial charge in [0.05, 0.1) is 10.2 Å². The third-order valence-electron chi connectivity index (χ3n) is 1.35. The van der Waals surface area contributed by atoms with Gasteiger partial charge in [0.2, 0.25) is 5.82 Å². The maximum atomic E-state index is 11.0. The molecule has 1 heterocycles. The molecule has 4 nitrogen and oxygen atoms in total. The SMILES string of the molecule is CNC(=O)c1ncc(Br)c(C)n1. The van der Waals surface area contributed by atoms with Crippen LogP contribution in [0.15, 0.2) is 10.7 Å². The minimum atomic E-state index is -0.273. The number of carbonyl (C=O) groups is 1. The summed E-state index contributed by atoms with van der Waals surface area (Å²) in [6.45, 7) is 1.80. The summed E-state index contributed by atoms with van der Waals surface area (Å²) in [7, 11) is 1.54. The van der Waals surface area contributed by atoms with E-state index in [9.17, 15) is 4.79 Å². The highest BCUT2D eigenvalue weighted by atomic mass is 79.9. The fraction of sp³-hybridized carbons (Fsp3) is 0.286. The van der Waals surface area contributed by atoms with Gasteiger partial charge in [-0.1, -0.05) is 0 Å². The monoisotopic (exact) mass is 229 g/mol. The number of carbonyl (C=O) groups excluding carboxylic acids is 1. The van der Waals surface area contributed by atoms with Crippen molar-refractivity contribution >= 4 is 21.8 Å². The molecule has 0 saturated heterocycles. The van der Waals surface area contributed by atoms with Crippen LogP contribution in [0.5, 0.6) is 0 Å². The van der Waals surface area contributed by atoms with Crippen LogP contribution in [-0.2, 0) is 0 Å². The zero-order chi connectivity index (χ0) is 9.14. The second-order valence-corrected chi connectivity index (χ2v) is 3.06. The summed E-state index contributed by atoms with van der Waals surface area (Å²) in [5.41, 5.74) is 0.753. The van der Waals surface area contributed by atoms with E-state index in [0.717, 1.165) is 10.2 Å². The van der Waals surface area contributed by atoms with Crippen LogP contribution in [0.25, 0.3) is 0 Å². The Morgan fingerprint density at radius 1 is 1.67 bits per heavy atom. The van der Waals surface area contributed by atoms with E-state index in [1.807, 2.05) is 0 Å². The van der Waals surface area contributed by atoms with Crippen LogP contribution in [0, 0.1) is 6.92 Å². The Kier molecular flexibility index (Phi) is 2.75. The van der Waals surface area contributed by atoms with E-state index >= 15 is 0 Å². The maximum absolute atomic E-state index is 11.0. The average Bonchev–Trinajstić information content (AvgIpc) is 2.08. The molecule has 1 amide bonds. The fourth-order valence-electron chi connectivity index (χ4n) is 0.674. The highest BCUT2D eigenvalue weighted by molar-refractivity contribution is 9.10. The van der Waals surface area contributed by atoms with Crippen molar-refractivity contribution in [2.24, 2.45) is 0 Å². The van der Waals surface area contributed by atoms with Gasteiger partial charge in [-0.05, 0) is 22.9 Å². The average molecular weight is 230 g/mol. The summed E-state index contributed by atoms with van der Waals surface area (Å²) in [4.78, 5) is 18.8. The number of rotatable bonds is 1. The summed E-state index contributed by atoms with van der Waals surface area (Å²) >= 11 is 3.24. The van der Waals surface area contributed by atoms with Crippen LogP contribution in [0.1, 0.15) is 16.3 Å². The Morgan fingerprint density at radius 3 is 2.83 bits per heavy atom. The molecule has 0 saturated carbocycles. The van der Waals surface area contributed by atoms with Crippen molar-refractivity contribution < 1.29 is 4.79 Å². The zero-order valence-corrected chi connectivity index (χ0v) is 8.34. The van der Waals surface area contributed by atoms with Gasteiger partial charge in [-0.15, -0.1) is 0 Å². The van der Waals surface area contributed by atoms with Gasteiger partial charge in [0.1, 0.15) is 0 Å². The lowest BCUT2D eigenvalue weighted by atomic mass is 10.4. The molecule has 5 heteroatoms. The molecule has 12 heavy (non-hydrogen) atoms. The number of hydrogen-bond acceptors (Lipinski definition) is 3. The molecule has 0 aliphatic carbocycles. The van der Waals surface area contributed by atoms with Crippen LogP contribution in [0.4, 0.5) is 0 Å². The molecule has 0 atom stereocenters. The zero-order valence-electron chi connectivity index (χ0n) is 6.76. The predicted molar refractivity (Wildman–Crippen MR) is 47.9 cm³/mol. The first-order chi connectivity index (χ1) is 5.65. The molecule has 0 radical (unpaired) electrons. The molecule has 0 spiro atoms. The quantitative estimate of drug-likeness (QED) is 0.779. The number of nitrogens with zero attached hydrogens (tertiary/aromatic N) is 2. The Balaban J connectivity index is 3.05. The maximum Gasteiger partial charge on any atom is 0.288 e. The predicted octanol–water partition coefficient (Wildman–Crippen LogP) is 0.907. The van der Waals surface area contributed by atoms with Crippen LogP contribution in [0.3, 0.4) is 0 Å². The van der Waals surface area contributed by atoms with Crippen molar-refractivity contribution in [2.45, 2.75) is 6.92 Å². The molecule has 0 fully saturated rings. The van der Waals surface area contributed by atoms with Crippen molar-refractivity contribution in [3.05, 3.63) is 22.2 Å². The smallest absolute Gasteiger partial charge is 0.288 e. The second-order valence-electron chi connectivity index (χ2n) is 2.21. The molecule has 0 bridgehead atoms. The van der Waals surface area contributed by atoms with E-state index in [2.05, 4.69) is 31.2 Å². The lowest BCUT2D eigenvalue weighted by Crippen LogP contribution is -2.21. The lowest BCUT2D eigenvalue weighted by Gasteiger charge is -1.99. The molecular formula is C7H8BrN3O. The molecule has 0 aromatic carbocycles. The van der Waals surface area contributed by atoms with Crippen LogP contribution in [-0.4, -0.2) is 22.9 Å². The van der Waals surface area contributed by atoms with Gasteiger partial charge in [0, 0.05) is 13.2 Å². The van der Waals surface area contributed by atoms with Crippen LogP contribution in [0.2, 0.25) is 0 Å². The molecule has 0 aliphatic heterocycles. The first kappa shape index (κ1) is 9.12. The number of nitrogens with one attached hydrogen (secondary N) is 1. The highest BCUT2D eigenvalue weighted by Crippen LogP contribution is 2.11. The molecule has 64 valence electrons. The fourth-order valence-corrected chi connectivity index (χ4v) is 0.865. The third kappa shape index (κ3) is 1.79. The van der Waals surface area contributed by atoms with Crippen molar-refractivity contribution in [3.8, 4) is 0 Å². The summed E-state index contributed by atoms with van der Waals surface area (Å²) in [6.07, 6.45) is 1.56. The summed E-state index contributed by atoms with van der Waals surface area (Å²) in [6, 6.07) is 0. The second kappa shape index (κ2) is 3.62. The summed E-state index contributed by atoms with van der Waals surface area (Å²) in [5, 5.41) is 2.45. The van der Waals surface area contributed by atoms with E-state index < -0.39 is 0 Å².